The minimum Gasteiger partial charge on any atom is -0.326 e. The molecule has 0 aliphatic heterocycles. The summed E-state index contributed by atoms with van der Waals surface area (Å²) in [5.74, 6) is 0.620. The summed E-state index contributed by atoms with van der Waals surface area (Å²) in [6.07, 6.45) is 1.10. The number of hydrogen-bond donors (Lipinski definition) is 3. The van der Waals surface area contributed by atoms with Gasteiger partial charge < -0.3 is 11.1 Å². The van der Waals surface area contributed by atoms with Gasteiger partial charge in [0.25, 0.3) is 0 Å². The second-order valence-electron chi connectivity index (χ2n) is 6.41. The largest absolute Gasteiger partial charge is 0.326 e. The number of benzene rings is 2. The number of aromatic amines is 1. The van der Waals surface area contributed by atoms with Crippen LogP contribution in [-0.4, -0.2) is 21.1 Å². The first kappa shape index (κ1) is 18.7. The average Bonchev–Trinajstić information content (AvgIpc) is 3.17. The summed E-state index contributed by atoms with van der Waals surface area (Å²) < 4.78 is 13.7. The molecule has 0 saturated heterocycles. The van der Waals surface area contributed by atoms with E-state index in [0.29, 0.717) is 42.3 Å². The monoisotopic (exact) mass is 367 g/mol. The molecular weight excluding hydrogens is 345 g/mol. The van der Waals surface area contributed by atoms with Crippen molar-refractivity contribution >= 4 is 11.6 Å². The lowest BCUT2D eigenvalue weighted by Gasteiger charge is -2.12. The van der Waals surface area contributed by atoms with E-state index >= 15 is 0 Å². The smallest absolute Gasteiger partial charge is 0.227 e. The van der Waals surface area contributed by atoms with Crippen molar-refractivity contribution in [3.63, 3.8) is 0 Å². The first-order chi connectivity index (χ1) is 13.1. The maximum atomic E-state index is 13.7. The zero-order chi connectivity index (χ0) is 19.2. The lowest BCUT2D eigenvalue weighted by molar-refractivity contribution is -0.119. The molecule has 0 bridgehead atoms. The van der Waals surface area contributed by atoms with Crippen molar-refractivity contribution in [2.24, 2.45) is 11.7 Å². The molecule has 0 aliphatic carbocycles. The van der Waals surface area contributed by atoms with E-state index < -0.39 is 0 Å². The number of rotatable bonds is 7. The molecule has 0 spiro atoms. The normalized spacial score (nSPS) is 12.0. The predicted octanol–water partition coefficient (Wildman–Crippen LogP) is 3.28. The number of carbonyl (C=O) groups excluding carboxylic acids is 1. The highest BCUT2D eigenvalue weighted by Gasteiger charge is 2.14. The minimum atomic E-state index is -0.232. The van der Waals surface area contributed by atoms with Crippen LogP contribution in [0.15, 0.2) is 48.5 Å². The van der Waals surface area contributed by atoms with Crippen LogP contribution in [0.3, 0.4) is 0 Å². The Morgan fingerprint density at radius 1 is 1.22 bits per heavy atom. The van der Waals surface area contributed by atoms with E-state index in [1.807, 2.05) is 19.1 Å². The number of H-pyrrole nitrogens is 1. The second kappa shape index (κ2) is 8.55. The molecule has 140 valence electrons. The number of aromatic nitrogens is 3. The van der Waals surface area contributed by atoms with E-state index in [9.17, 15) is 9.18 Å². The molecule has 2 aromatic carbocycles. The zero-order valence-corrected chi connectivity index (χ0v) is 15.1. The topological polar surface area (TPSA) is 96.7 Å². The maximum absolute atomic E-state index is 13.7. The molecule has 3 aromatic rings. The number of halogens is 1. The third-order valence-corrected chi connectivity index (χ3v) is 4.39. The zero-order valence-electron chi connectivity index (χ0n) is 15.1. The van der Waals surface area contributed by atoms with Gasteiger partial charge in [0.15, 0.2) is 5.82 Å². The van der Waals surface area contributed by atoms with Crippen LogP contribution in [-0.2, 0) is 17.8 Å². The van der Waals surface area contributed by atoms with Gasteiger partial charge in [0.05, 0.1) is 6.54 Å². The van der Waals surface area contributed by atoms with Crippen LogP contribution in [0.1, 0.15) is 24.7 Å². The molecule has 0 fully saturated rings. The van der Waals surface area contributed by atoms with Crippen molar-refractivity contribution in [3.8, 4) is 11.4 Å². The number of carbonyl (C=O) groups is 1. The van der Waals surface area contributed by atoms with Gasteiger partial charge in [0, 0.05) is 17.2 Å². The average molecular weight is 367 g/mol. The van der Waals surface area contributed by atoms with E-state index in [-0.39, 0.29) is 17.6 Å². The summed E-state index contributed by atoms with van der Waals surface area (Å²) in [7, 11) is 0. The Hall–Kier alpha value is -3.06. The van der Waals surface area contributed by atoms with Crippen molar-refractivity contribution < 1.29 is 9.18 Å². The summed E-state index contributed by atoms with van der Waals surface area (Å²) in [6.45, 7) is 2.14. The van der Waals surface area contributed by atoms with Crippen molar-refractivity contribution in [1.29, 1.82) is 0 Å². The summed E-state index contributed by atoms with van der Waals surface area (Å²) in [5, 5.41) is 9.75. The number of nitrogens with two attached hydrogens (primary N) is 1. The summed E-state index contributed by atoms with van der Waals surface area (Å²) >= 11 is 0. The highest BCUT2D eigenvalue weighted by atomic mass is 19.1. The molecule has 0 aliphatic rings. The molecule has 7 heteroatoms. The molecule has 0 saturated carbocycles. The lowest BCUT2D eigenvalue weighted by atomic mass is 10.00. The van der Waals surface area contributed by atoms with Gasteiger partial charge >= 0.3 is 0 Å². The fraction of sp³-hybridized carbons (Fsp3) is 0.250. The van der Waals surface area contributed by atoms with Crippen LogP contribution < -0.4 is 11.1 Å². The molecule has 27 heavy (non-hydrogen) atoms. The molecule has 4 N–H and O–H groups in total. The first-order valence-electron chi connectivity index (χ1n) is 8.83. The quantitative estimate of drug-likeness (QED) is 0.597. The second-order valence-corrected chi connectivity index (χ2v) is 6.41. The molecule has 1 amide bonds. The van der Waals surface area contributed by atoms with Crippen LogP contribution in [0.4, 0.5) is 10.1 Å². The van der Waals surface area contributed by atoms with Gasteiger partial charge in [-0.25, -0.2) is 9.37 Å². The molecule has 1 aromatic heterocycles. The Labute approximate surface area is 157 Å². The number of nitrogens with one attached hydrogen (secondary N) is 2. The SMILES string of the molecule is CC(CCc1ccccc1F)C(=O)Nc1ccc(-c2n[nH]c(CN)n2)cc1. The van der Waals surface area contributed by atoms with E-state index in [2.05, 4.69) is 20.5 Å². The van der Waals surface area contributed by atoms with Crippen LogP contribution in [0.25, 0.3) is 11.4 Å². The van der Waals surface area contributed by atoms with Crippen molar-refractivity contribution in [1.82, 2.24) is 15.2 Å². The van der Waals surface area contributed by atoms with Crippen molar-refractivity contribution in [2.45, 2.75) is 26.3 Å². The van der Waals surface area contributed by atoms with Crippen molar-refractivity contribution in [3.05, 3.63) is 65.7 Å². The summed E-state index contributed by atoms with van der Waals surface area (Å²) in [6, 6.07) is 13.9. The fourth-order valence-electron chi connectivity index (χ4n) is 2.69. The Morgan fingerprint density at radius 3 is 2.63 bits per heavy atom. The molecular formula is C20H22FN5O. The van der Waals surface area contributed by atoms with Gasteiger partial charge in [0.2, 0.25) is 5.91 Å². The number of anilines is 1. The summed E-state index contributed by atoms with van der Waals surface area (Å²) in [4.78, 5) is 16.6. The molecule has 3 rings (SSSR count). The van der Waals surface area contributed by atoms with Gasteiger partial charge in [-0.05, 0) is 48.7 Å². The van der Waals surface area contributed by atoms with Crippen LogP contribution in [0.5, 0.6) is 0 Å². The first-order valence-corrected chi connectivity index (χ1v) is 8.83. The van der Waals surface area contributed by atoms with Crippen LogP contribution >= 0.6 is 0 Å². The van der Waals surface area contributed by atoms with Crippen LogP contribution in [0, 0.1) is 11.7 Å². The van der Waals surface area contributed by atoms with Gasteiger partial charge in [-0.1, -0.05) is 25.1 Å². The maximum Gasteiger partial charge on any atom is 0.227 e. The Morgan fingerprint density at radius 2 is 1.96 bits per heavy atom. The Bertz CT molecular complexity index is 907. The highest BCUT2D eigenvalue weighted by molar-refractivity contribution is 5.92. The van der Waals surface area contributed by atoms with E-state index in [1.165, 1.54) is 6.07 Å². The summed E-state index contributed by atoms with van der Waals surface area (Å²) in [5.41, 5.74) is 7.67. The lowest BCUT2D eigenvalue weighted by Crippen LogP contribution is -2.21. The van der Waals surface area contributed by atoms with Crippen molar-refractivity contribution in [2.75, 3.05) is 5.32 Å². The van der Waals surface area contributed by atoms with Crippen LogP contribution in [0.2, 0.25) is 0 Å². The molecule has 6 nitrogen and oxygen atoms in total. The predicted molar refractivity (Wildman–Crippen MR) is 102 cm³/mol. The fourth-order valence-corrected chi connectivity index (χ4v) is 2.69. The standard InChI is InChI=1S/C20H22FN5O/c1-13(6-7-14-4-2-3-5-17(14)21)20(27)23-16-10-8-15(9-11-16)19-24-18(12-22)25-26-19/h2-5,8-11,13H,6-7,12,22H2,1H3,(H,23,27)(H,24,25,26). The van der Waals surface area contributed by atoms with Gasteiger partial charge in [-0.3, -0.25) is 9.89 Å². The van der Waals surface area contributed by atoms with Gasteiger partial charge in [-0.15, -0.1) is 0 Å². The number of amides is 1. The van der Waals surface area contributed by atoms with Gasteiger partial charge in [0.1, 0.15) is 11.6 Å². The Kier molecular flexibility index (Phi) is 5.93. The Balaban J connectivity index is 1.56. The number of aryl methyl sites for hydroxylation is 1. The van der Waals surface area contributed by atoms with E-state index in [1.54, 1.807) is 30.3 Å². The molecule has 1 heterocycles. The number of nitrogens with zero attached hydrogens (tertiary/aromatic N) is 2. The van der Waals surface area contributed by atoms with Gasteiger partial charge in [-0.2, -0.15) is 5.10 Å². The molecule has 0 radical (unpaired) electrons. The molecule has 1 unspecified atom stereocenters. The van der Waals surface area contributed by atoms with E-state index in [4.69, 9.17) is 5.73 Å². The third-order valence-electron chi connectivity index (χ3n) is 4.39. The highest BCUT2D eigenvalue weighted by Crippen LogP contribution is 2.19. The van der Waals surface area contributed by atoms with E-state index in [0.717, 1.165) is 5.56 Å². The minimum absolute atomic E-state index is 0.0950. The molecule has 1 atom stereocenters. The third kappa shape index (κ3) is 4.77. The number of hydrogen-bond acceptors (Lipinski definition) is 4.